The van der Waals surface area contributed by atoms with Crippen molar-refractivity contribution in [3.8, 4) is 0 Å². The third-order valence-electron chi connectivity index (χ3n) is 5.43. The Balaban J connectivity index is 1.54. The highest BCUT2D eigenvalue weighted by Crippen LogP contribution is 2.43. The highest BCUT2D eigenvalue weighted by Gasteiger charge is 2.44. The van der Waals surface area contributed by atoms with E-state index in [1.807, 2.05) is 19.9 Å². The molecule has 1 heterocycles. The third kappa shape index (κ3) is 4.17. The SMILES string of the molecule is Cc1cc(N2CCSc3cc(F)ccc3C2)cc(C)c1NC(=O)CC1(F)CC1. The molecule has 1 aliphatic heterocycles. The Kier molecular flexibility index (Phi) is 5.08. The van der Waals surface area contributed by atoms with Gasteiger partial charge in [0.15, 0.2) is 0 Å². The molecular formula is C22H24F2N2OS. The van der Waals surface area contributed by atoms with Gasteiger partial charge in [-0.1, -0.05) is 6.07 Å². The highest BCUT2D eigenvalue weighted by molar-refractivity contribution is 7.99. The minimum atomic E-state index is -1.29. The number of fused-ring (bicyclic) bond motifs is 1. The van der Waals surface area contributed by atoms with Gasteiger partial charge in [0.2, 0.25) is 5.91 Å². The molecule has 28 heavy (non-hydrogen) atoms. The van der Waals surface area contributed by atoms with Crippen LogP contribution in [-0.2, 0) is 11.3 Å². The van der Waals surface area contributed by atoms with E-state index >= 15 is 0 Å². The van der Waals surface area contributed by atoms with E-state index in [0.29, 0.717) is 12.8 Å². The lowest BCUT2D eigenvalue weighted by Gasteiger charge is -2.25. The summed E-state index contributed by atoms with van der Waals surface area (Å²) >= 11 is 1.68. The summed E-state index contributed by atoms with van der Waals surface area (Å²) in [6, 6.07) is 9.09. The highest BCUT2D eigenvalue weighted by atomic mass is 32.2. The normalized spacial score (nSPS) is 17.6. The number of thioether (sulfide) groups is 1. The molecule has 0 bridgehead atoms. The van der Waals surface area contributed by atoms with Gasteiger partial charge in [-0.2, -0.15) is 0 Å². The van der Waals surface area contributed by atoms with Crippen molar-refractivity contribution in [1.82, 2.24) is 0 Å². The smallest absolute Gasteiger partial charge is 0.227 e. The molecule has 0 aromatic heterocycles. The Hall–Kier alpha value is -2.08. The summed E-state index contributed by atoms with van der Waals surface area (Å²) < 4.78 is 27.4. The fourth-order valence-electron chi connectivity index (χ4n) is 3.67. The summed E-state index contributed by atoms with van der Waals surface area (Å²) in [6.45, 7) is 5.50. The van der Waals surface area contributed by atoms with Gasteiger partial charge in [0.1, 0.15) is 11.5 Å². The number of halogens is 2. The maximum Gasteiger partial charge on any atom is 0.227 e. The first-order valence-corrected chi connectivity index (χ1v) is 10.6. The quantitative estimate of drug-likeness (QED) is 0.745. The van der Waals surface area contributed by atoms with Crippen molar-refractivity contribution < 1.29 is 13.6 Å². The number of benzene rings is 2. The minimum absolute atomic E-state index is 0.0652. The van der Waals surface area contributed by atoms with Crippen molar-refractivity contribution in [1.29, 1.82) is 0 Å². The number of hydrogen-bond donors (Lipinski definition) is 1. The number of carbonyl (C=O) groups is 1. The van der Waals surface area contributed by atoms with Crippen LogP contribution >= 0.6 is 11.8 Å². The van der Waals surface area contributed by atoms with Gasteiger partial charge in [0.05, 0.1) is 6.42 Å². The monoisotopic (exact) mass is 402 g/mol. The summed E-state index contributed by atoms with van der Waals surface area (Å²) in [6.07, 6.45) is 0.898. The zero-order chi connectivity index (χ0) is 19.9. The molecule has 1 aliphatic carbocycles. The first-order chi connectivity index (χ1) is 13.3. The molecule has 0 unspecified atom stereocenters. The van der Waals surface area contributed by atoms with Crippen LogP contribution in [0.3, 0.4) is 0 Å². The number of hydrogen-bond acceptors (Lipinski definition) is 3. The van der Waals surface area contributed by atoms with Gasteiger partial charge in [-0.15, -0.1) is 11.8 Å². The van der Waals surface area contributed by atoms with Gasteiger partial charge in [0.25, 0.3) is 0 Å². The van der Waals surface area contributed by atoms with Crippen molar-refractivity contribution in [3.63, 3.8) is 0 Å². The van der Waals surface area contributed by atoms with Gasteiger partial charge in [-0.3, -0.25) is 4.79 Å². The maximum atomic E-state index is 13.9. The molecule has 2 aromatic rings. The number of anilines is 2. The van der Waals surface area contributed by atoms with Crippen LogP contribution in [0.25, 0.3) is 0 Å². The van der Waals surface area contributed by atoms with Gasteiger partial charge in [-0.05, 0) is 67.6 Å². The minimum Gasteiger partial charge on any atom is -0.366 e. The van der Waals surface area contributed by atoms with Crippen molar-refractivity contribution >= 4 is 29.0 Å². The number of nitrogens with zero attached hydrogens (tertiary/aromatic N) is 1. The molecular weight excluding hydrogens is 378 g/mol. The van der Waals surface area contributed by atoms with Crippen LogP contribution in [0, 0.1) is 19.7 Å². The van der Waals surface area contributed by atoms with Crippen LogP contribution in [0.4, 0.5) is 20.2 Å². The average molecular weight is 403 g/mol. The van der Waals surface area contributed by atoms with Crippen molar-refractivity contribution in [2.24, 2.45) is 0 Å². The number of alkyl halides is 1. The molecule has 6 heteroatoms. The topological polar surface area (TPSA) is 32.3 Å². The Morgan fingerprint density at radius 2 is 1.93 bits per heavy atom. The van der Waals surface area contributed by atoms with Crippen molar-refractivity contribution in [2.45, 2.75) is 50.2 Å². The first-order valence-electron chi connectivity index (χ1n) is 9.59. The molecule has 3 nitrogen and oxygen atoms in total. The van der Waals surface area contributed by atoms with E-state index in [9.17, 15) is 13.6 Å². The summed E-state index contributed by atoms with van der Waals surface area (Å²) in [5.74, 6) is 0.417. The van der Waals surface area contributed by atoms with Crippen molar-refractivity contribution in [2.75, 3.05) is 22.5 Å². The lowest BCUT2D eigenvalue weighted by Crippen LogP contribution is -2.24. The zero-order valence-electron chi connectivity index (χ0n) is 16.1. The average Bonchev–Trinajstić information content (AvgIpc) is 3.39. The summed E-state index contributed by atoms with van der Waals surface area (Å²) in [4.78, 5) is 15.5. The Morgan fingerprint density at radius 1 is 1.21 bits per heavy atom. The summed E-state index contributed by atoms with van der Waals surface area (Å²) in [5, 5.41) is 2.90. The van der Waals surface area contributed by atoms with Crippen molar-refractivity contribution in [3.05, 3.63) is 52.8 Å². The molecule has 4 rings (SSSR count). The number of aryl methyl sites for hydroxylation is 2. The second-order valence-corrected chi connectivity index (χ2v) is 8.99. The van der Waals surface area contributed by atoms with Gasteiger partial charge >= 0.3 is 0 Å². The molecule has 0 saturated heterocycles. The summed E-state index contributed by atoms with van der Waals surface area (Å²) in [7, 11) is 0. The predicted molar refractivity (Wildman–Crippen MR) is 110 cm³/mol. The van der Waals surface area contributed by atoms with Crippen LogP contribution in [0.1, 0.15) is 36.0 Å². The fourth-order valence-corrected chi connectivity index (χ4v) is 4.71. The van der Waals surface area contributed by atoms with Gasteiger partial charge < -0.3 is 10.2 Å². The van der Waals surface area contributed by atoms with Gasteiger partial charge in [-0.25, -0.2) is 8.78 Å². The summed E-state index contributed by atoms with van der Waals surface area (Å²) in [5.41, 5.74) is 3.60. The largest absolute Gasteiger partial charge is 0.366 e. The lowest BCUT2D eigenvalue weighted by atomic mass is 10.1. The van der Waals surface area contributed by atoms with E-state index in [0.717, 1.165) is 51.8 Å². The van der Waals surface area contributed by atoms with E-state index < -0.39 is 5.67 Å². The van der Waals surface area contributed by atoms with E-state index in [1.54, 1.807) is 17.8 Å². The van der Waals surface area contributed by atoms with Crippen LogP contribution < -0.4 is 10.2 Å². The Labute approximate surface area is 168 Å². The number of rotatable bonds is 4. The second kappa shape index (κ2) is 7.39. The van der Waals surface area contributed by atoms with Crippen LogP contribution in [0.2, 0.25) is 0 Å². The van der Waals surface area contributed by atoms with E-state index in [4.69, 9.17) is 0 Å². The standard InChI is InChI=1S/C22H24F2N2OS/c1-14-9-18(10-15(2)21(14)25-20(27)12-22(24)5-6-22)26-7-8-28-19-11-17(23)4-3-16(19)13-26/h3-4,9-11H,5-8,12-13H2,1-2H3,(H,25,27). The number of nitrogens with one attached hydrogen (secondary N) is 1. The lowest BCUT2D eigenvalue weighted by molar-refractivity contribution is -0.117. The molecule has 2 aromatic carbocycles. The first kappa shape index (κ1) is 19.2. The number of amides is 1. The Bertz CT molecular complexity index is 904. The van der Waals surface area contributed by atoms with Crippen LogP contribution in [0.5, 0.6) is 0 Å². The molecule has 1 fully saturated rings. The molecule has 0 spiro atoms. The molecule has 1 amide bonds. The molecule has 2 aliphatic rings. The molecule has 1 N–H and O–H groups in total. The fraction of sp³-hybridized carbons (Fsp3) is 0.409. The maximum absolute atomic E-state index is 13.9. The van der Waals surface area contributed by atoms with E-state index in [2.05, 4.69) is 22.3 Å². The number of carbonyl (C=O) groups excluding carboxylic acids is 1. The van der Waals surface area contributed by atoms with E-state index in [1.165, 1.54) is 6.07 Å². The molecule has 0 radical (unpaired) electrons. The Morgan fingerprint density at radius 3 is 2.61 bits per heavy atom. The van der Waals surface area contributed by atoms with Crippen LogP contribution in [0.15, 0.2) is 35.2 Å². The van der Waals surface area contributed by atoms with E-state index in [-0.39, 0.29) is 18.1 Å². The third-order valence-corrected chi connectivity index (χ3v) is 6.50. The zero-order valence-corrected chi connectivity index (χ0v) is 17.0. The molecule has 148 valence electrons. The molecule has 0 atom stereocenters. The van der Waals surface area contributed by atoms with Crippen LogP contribution in [-0.4, -0.2) is 23.9 Å². The second-order valence-electron chi connectivity index (χ2n) is 7.85. The molecule has 1 saturated carbocycles. The predicted octanol–water partition coefficient (Wildman–Crippen LogP) is 5.39. The van der Waals surface area contributed by atoms with Gasteiger partial charge in [0, 0.05) is 35.1 Å².